The van der Waals surface area contributed by atoms with Crippen LogP contribution in [0.3, 0.4) is 0 Å². The van der Waals surface area contributed by atoms with E-state index >= 15 is 0 Å². The summed E-state index contributed by atoms with van der Waals surface area (Å²) in [5, 5.41) is 1.25. The van der Waals surface area contributed by atoms with Gasteiger partial charge < -0.3 is 0 Å². The predicted molar refractivity (Wildman–Crippen MR) is 128 cm³/mol. The Hall–Kier alpha value is -0.590. The average molecular weight is 495 g/mol. The highest BCUT2D eigenvalue weighted by molar-refractivity contribution is 7.99. The molecule has 3 nitrogen and oxygen atoms in total. The maximum absolute atomic E-state index is 13.5. The van der Waals surface area contributed by atoms with Crippen LogP contribution in [0.5, 0.6) is 0 Å². The van der Waals surface area contributed by atoms with Gasteiger partial charge >= 0.3 is 0 Å². The third kappa shape index (κ3) is 6.96. The van der Waals surface area contributed by atoms with Crippen molar-refractivity contribution >= 4 is 62.3 Å². The fraction of sp³-hybridized carbons (Fsp3) is 0.429. The molecule has 0 radical (unpaired) electrons. The SMILES string of the molecule is CC(C)CSCCC[C@@H](C)N(c1cc(Cl)ccc1Cl)S(=O)(=O)c1ccc(Cl)cc1. The molecule has 0 saturated heterocycles. The number of sulfonamides is 1. The Bertz CT molecular complexity index is 903. The first kappa shape index (κ1) is 24.7. The minimum atomic E-state index is -3.84. The fourth-order valence-electron chi connectivity index (χ4n) is 2.90. The predicted octanol–water partition coefficient (Wildman–Crippen LogP) is 7.40. The highest BCUT2D eigenvalue weighted by Gasteiger charge is 2.31. The van der Waals surface area contributed by atoms with Crippen LogP contribution >= 0.6 is 46.6 Å². The van der Waals surface area contributed by atoms with Gasteiger partial charge in [-0.2, -0.15) is 11.8 Å². The largest absolute Gasteiger partial charge is 0.264 e. The Balaban J connectivity index is 2.33. The monoisotopic (exact) mass is 493 g/mol. The lowest BCUT2D eigenvalue weighted by molar-refractivity contribution is 0.570. The number of thioether (sulfide) groups is 1. The van der Waals surface area contributed by atoms with E-state index < -0.39 is 10.0 Å². The van der Waals surface area contributed by atoms with Crippen molar-refractivity contribution < 1.29 is 8.42 Å². The second-order valence-electron chi connectivity index (χ2n) is 7.31. The highest BCUT2D eigenvalue weighted by atomic mass is 35.5. The molecule has 160 valence electrons. The molecule has 0 aliphatic carbocycles. The van der Waals surface area contributed by atoms with Gasteiger partial charge in [0.25, 0.3) is 10.0 Å². The Morgan fingerprint density at radius 2 is 1.59 bits per heavy atom. The summed E-state index contributed by atoms with van der Waals surface area (Å²) in [4.78, 5) is 0.166. The van der Waals surface area contributed by atoms with E-state index in [1.165, 1.54) is 16.4 Å². The summed E-state index contributed by atoms with van der Waals surface area (Å²) in [7, 11) is -3.84. The number of hydrogen-bond acceptors (Lipinski definition) is 3. The third-order valence-corrected chi connectivity index (χ3v) is 8.51. The van der Waals surface area contributed by atoms with Crippen molar-refractivity contribution in [3.8, 4) is 0 Å². The van der Waals surface area contributed by atoms with Gasteiger partial charge in [0.05, 0.1) is 15.6 Å². The molecule has 2 rings (SSSR count). The van der Waals surface area contributed by atoms with Crippen LogP contribution in [-0.2, 0) is 10.0 Å². The summed E-state index contributed by atoms with van der Waals surface area (Å²) < 4.78 is 28.4. The van der Waals surface area contributed by atoms with Gasteiger partial charge in [0.1, 0.15) is 0 Å². The minimum Gasteiger partial charge on any atom is -0.262 e. The molecule has 0 amide bonds. The van der Waals surface area contributed by atoms with Gasteiger partial charge in [-0.05, 0) is 79.7 Å². The van der Waals surface area contributed by atoms with Crippen LogP contribution in [-0.4, -0.2) is 26.0 Å². The molecule has 0 unspecified atom stereocenters. The molecule has 0 saturated carbocycles. The van der Waals surface area contributed by atoms with Crippen LogP contribution in [0.1, 0.15) is 33.6 Å². The zero-order valence-electron chi connectivity index (χ0n) is 16.7. The second-order valence-corrected chi connectivity index (χ2v) is 11.6. The van der Waals surface area contributed by atoms with E-state index in [0.717, 1.165) is 17.9 Å². The van der Waals surface area contributed by atoms with Crippen LogP contribution in [0.2, 0.25) is 15.1 Å². The van der Waals surface area contributed by atoms with Crippen molar-refractivity contribution in [2.24, 2.45) is 5.92 Å². The number of benzene rings is 2. The molecule has 2 aromatic rings. The number of nitrogens with zero attached hydrogens (tertiary/aromatic N) is 1. The standard InChI is InChI=1S/C21H26Cl3NO2S2/c1-15(2)14-28-12-4-5-16(3)25(21-13-18(23)8-11-20(21)24)29(26,27)19-9-6-17(22)7-10-19/h6-11,13,15-16H,4-5,12,14H2,1-3H3/t16-/m1/s1. The van der Waals surface area contributed by atoms with Crippen molar-refractivity contribution in [2.75, 3.05) is 15.8 Å². The molecule has 2 aromatic carbocycles. The minimum absolute atomic E-state index is 0.166. The second kappa shape index (κ2) is 11.1. The van der Waals surface area contributed by atoms with Crippen molar-refractivity contribution in [2.45, 2.75) is 44.6 Å². The quantitative estimate of drug-likeness (QED) is 0.323. The van der Waals surface area contributed by atoms with Gasteiger partial charge in [-0.25, -0.2) is 8.42 Å². The van der Waals surface area contributed by atoms with E-state index in [0.29, 0.717) is 33.1 Å². The van der Waals surface area contributed by atoms with E-state index in [2.05, 4.69) is 13.8 Å². The highest BCUT2D eigenvalue weighted by Crippen LogP contribution is 2.35. The van der Waals surface area contributed by atoms with Crippen molar-refractivity contribution in [3.05, 3.63) is 57.5 Å². The third-order valence-electron chi connectivity index (χ3n) is 4.28. The Labute approximate surface area is 193 Å². The van der Waals surface area contributed by atoms with E-state index in [4.69, 9.17) is 34.8 Å². The molecule has 1 atom stereocenters. The molecule has 8 heteroatoms. The number of rotatable bonds is 10. The van der Waals surface area contributed by atoms with Crippen molar-refractivity contribution in [1.29, 1.82) is 0 Å². The van der Waals surface area contributed by atoms with Crippen LogP contribution in [0, 0.1) is 5.92 Å². The van der Waals surface area contributed by atoms with Crippen molar-refractivity contribution in [3.63, 3.8) is 0 Å². The molecule has 0 aliphatic rings. The van der Waals surface area contributed by atoms with Crippen molar-refractivity contribution in [1.82, 2.24) is 0 Å². The van der Waals surface area contributed by atoms with Gasteiger partial charge in [-0.1, -0.05) is 48.7 Å². The number of halogens is 3. The Morgan fingerprint density at radius 1 is 0.966 bits per heavy atom. The van der Waals surface area contributed by atoms with E-state index in [1.807, 2.05) is 18.7 Å². The first-order chi connectivity index (χ1) is 13.6. The summed E-state index contributed by atoms with van der Waals surface area (Å²) in [5.41, 5.74) is 0.386. The van der Waals surface area contributed by atoms with Gasteiger partial charge in [0, 0.05) is 16.1 Å². The van der Waals surface area contributed by atoms with E-state index in [-0.39, 0.29) is 10.9 Å². The lowest BCUT2D eigenvalue weighted by Gasteiger charge is -2.31. The number of anilines is 1. The maximum atomic E-state index is 13.5. The van der Waals surface area contributed by atoms with Gasteiger partial charge in [0.15, 0.2) is 0 Å². The lowest BCUT2D eigenvalue weighted by atomic mass is 10.2. The smallest absolute Gasteiger partial charge is 0.262 e. The van der Waals surface area contributed by atoms with E-state index in [1.54, 1.807) is 30.3 Å². The topological polar surface area (TPSA) is 37.4 Å². The van der Waals surface area contributed by atoms with Gasteiger partial charge in [-0.3, -0.25) is 4.31 Å². The molecule has 0 aliphatic heterocycles. The van der Waals surface area contributed by atoms with Crippen LogP contribution in [0.4, 0.5) is 5.69 Å². The summed E-state index contributed by atoms with van der Waals surface area (Å²) in [6.07, 6.45) is 1.62. The summed E-state index contributed by atoms with van der Waals surface area (Å²) >= 11 is 20.4. The van der Waals surface area contributed by atoms with Crippen LogP contribution in [0.15, 0.2) is 47.4 Å². The first-order valence-corrected chi connectivity index (χ1v) is 13.2. The molecular formula is C21H26Cl3NO2S2. The zero-order valence-corrected chi connectivity index (χ0v) is 20.6. The first-order valence-electron chi connectivity index (χ1n) is 9.45. The molecule has 0 spiro atoms. The molecule has 0 aromatic heterocycles. The molecule has 0 N–H and O–H groups in total. The van der Waals surface area contributed by atoms with Crippen LogP contribution < -0.4 is 4.31 Å². The zero-order chi connectivity index (χ0) is 21.6. The summed E-state index contributed by atoms with van der Waals surface area (Å²) in [5.74, 6) is 2.73. The summed E-state index contributed by atoms with van der Waals surface area (Å²) in [6.45, 7) is 6.28. The molecule has 29 heavy (non-hydrogen) atoms. The number of hydrogen-bond donors (Lipinski definition) is 0. The molecular weight excluding hydrogens is 469 g/mol. The van der Waals surface area contributed by atoms with Gasteiger partial charge in [-0.15, -0.1) is 0 Å². The molecule has 0 fully saturated rings. The summed E-state index contributed by atoms with van der Waals surface area (Å²) in [6, 6.07) is 10.7. The molecule has 0 heterocycles. The lowest BCUT2D eigenvalue weighted by Crippen LogP contribution is -2.39. The average Bonchev–Trinajstić information content (AvgIpc) is 2.64. The van der Waals surface area contributed by atoms with Crippen LogP contribution in [0.25, 0.3) is 0 Å². The molecule has 0 bridgehead atoms. The normalized spacial score (nSPS) is 12.9. The maximum Gasteiger partial charge on any atom is 0.264 e. The van der Waals surface area contributed by atoms with E-state index in [9.17, 15) is 8.42 Å². The van der Waals surface area contributed by atoms with Gasteiger partial charge in [0.2, 0.25) is 0 Å². The Morgan fingerprint density at radius 3 is 2.21 bits per heavy atom. The fourth-order valence-corrected chi connectivity index (χ4v) is 6.15. The Kier molecular flexibility index (Phi) is 9.49.